The molecule has 3 rings (SSSR count). The van der Waals surface area contributed by atoms with E-state index in [1.165, 1.54) is 69.5 Å². The van der Waals surface area contributed by atoms with Gasteiger partial charge in [0.25, 0.3) is 0 Å². The molecule has 1 aliphatic heterocycles. The van der Waals surface area contributed by atoms with Gasteiger partial charge in [0, 0.05) is 13.0 Å². The number of aromatic nitrogens is 2. The normalized spacial score (nSPS) is 16.8. The van der Waals surface area contributed by atoms with E-state index in [2.05, 4.69) is 47.6 Å². The molecule has 0 saturated carbocycles. The van der Waals surface area contributed by atoms with E-state index in [0.29, 0.717) is 0 Å². The Bertz CT molecular complexity index is 621. The van der Waals surface area contributed by atoms with Crippen LogP contribution in [0.15, 0.2) is 24.3 Å². The maximum atomic E-state index is 4.94. The lowest BCUT2D eigenvalue weighted by molar-refractivity contribution is 0.280. The van der Waals surface area contributed by atoms with Crippen LogP contribution in [0, 0.1) is 5.92 Å². The third kappa shape index (κ3) is 4.60. The van der Waals surface area contributed by atoms with Gasteiger partial charge in [-0.15, -0.1) is 0 Å². The lowest BCUT2D eigenvalue weighted by Gasteiger charge is -2.19. The Balaban J connectivity index is 1.65. The molecule has 1 aliphatic rings. The first-order chi connectivity index (χ1) is 11.7. The summed E-state index contributed by atoms with van der Waals surface area (Å²) in [5.74, 6) is 2.02. The lowest BCUT2D eigenvalue weighted by atomic mass is 10.1. The minimum absolute atomic E-state index is 0.733. The summed E-state index contributed by atoms with van der Waals surface area (Å²) in [4.78, 5) is 7.60. The second-order valence-electron chi connectivity index (χ2n) is 7.71. The van der Waals surface area contributed by atoms with E-state index in [-0.39, 0.29) is 0 Å². The zero-order valence-electron chi connectivity index (χ0n) is 15.5. The summed E-state index contributed by atoms with van der Waals surface area (Å²) >= 11 is 0. The van der Waals surface area contributed by atoms with Crippen molar-refractivity contribution < 1.29 is 0 Å². The number of para-hydroxylation sites is 2. The van der Waals surface area contributed by atoms with E-state index in [1.54, 1.807) is 0 Å². The number of hydrogen-bond acceptors (Lipinski definition) is 2. The smallest absolute Gasteiger partial charge is 0.109 e. The Labute approximate surface area is 147 Å². The number of likely N-dealkylation sites (tertiary alicyclic amines) is 1. The number of rotatable bonds is 7. The Morgan fingerprint density at radius 1 is 1.00 bits per heavy atom. The second kappa shape index (κ2) is 8.66. The molecule has 0 radical (unpaired) electrons. The van der Waals surface area contributed by atoms with E-state index in [0.717, 1.165) is 24.4 Å². The molecule has 132 valence electrons. The first kappa shape index (κ1) is 17.5. The van der Waals surface area contributed by atoms with Gasteiger partial charge in [-0.1, -0.05) is 38.8 Å². The molecule has 0 bridgehead atoms. The molecule has 3 heteroatoms. The fourth-order valence-corrected chi connectivity index (χ4v) is 3.77. The van der Waals surface area contributed by atoms with Crippen molar-refractivity contribution in [3.05, 3.63) is 30.1 Å². The molecule has 1 aromatic carbocycles. The molecule has 1 saturated heterocycles. The molecule has 2 aromatic rings. The van der Waals surface area contributed by atoms with Gasteiger partial charge in [-0.3, -0.25) is 0 Å². The Kier molecular flexibility index (Phi) is 6.30. The van der Waals surface area contributed by atoms with Gasteiger partial charge in [0.15, 0.2) is 0 Å². The average Bonchev–Trinajstić information content (AvgIpc) is 2.73. The van der Waals surface area contributed by atoms with Gasteiger partial charge in [-0.2, -0.15) is 0 Å². The number of imidazole rings is 1. The van der Waals surface area contributed by atoms with Gasteiger partial charge in [0.1, 0.15) is 5.82 Å². The monoisotopic (exact) mass is 327 g/mol. The van der Waals surface area contributed by atoms with Crippen LogP contribution in [-0.2, 0) is 13.0 Å². The Morgan fingerprint density at radius 3 is 2.50 bits per heavy atom. The Morgan fingerprint density at radius 2 is 1.75 bits per heavy atom. The quantitative estimate of drug-likeness (QED) is 0.722. The molecule has 1 aromatic heterocycles. The largest absolute Gasteiger partial charge is 0.328 e. The second-order valence-corrected chi connectivity index (χ2v) is 7.71. The van der Waals surface area contributed by atoms with Crippen molar-refractivity contribution in [2.45, 2.75) is 65.3 Å². The average molecular weight is 328 g/mol. The standard InChI is InChI=1S/C21H33N3/c1-18(2)13-17-24-20-11-6-5-10-19(20)22-21(24)12-9-16-23-14-7-3-4-8-15-23/h5-6,10-11,18H,3-4,7-9,12-17H2,1-2H3. The number of benzene rings is 1. The van der Waals surface area contributed by atoms with Crippen LogP contribution < -0.4 is 0 Å². The van der Waals surface area contributed by atoms with Crippen LogP contribution >= 0.6 is 0 Å². The predicted molar refractivity (Wildman–Crippen MR) is 102 cm³/mol. The summed E-state index contributed by atoms with van der Waals surface area (Å²) < 4.78 is 2.47. The van der Waals surface area contributed by atoms with Crippen LogP contribution in [-0.4, -0.2) is 34.1 Å². The SMILES string of the molecule is CC(C)CCn1c(CCCN2CCCCCC2)nc2ccccc21. The van der Waals surface area contributed by atoms with Crippen LogP contribution in [0.5, 0.6) is 0 Å². The fourth-order valence-electron chi connectivity index (χ4n) is 3.77. The molecule has 3 nitrogen and oxygen atoms in total. The molecule has 0 spiro atoms. The minimum Gasteiger partial charge on any atom is -0.328 e. The lowest BCUT2D eigenvalue weighted by Crippen LogP contribution is -2.26. The van der Waals surface area contributed by atoms with Crippen LogP contribution in [0.3, 0.4) is 0 Å². The number of aryl methyl sites for hydroxylation is 2. The third-order valence-corrected chi connectivity index (χ3v) is 5.24. The topological polar surface area (TPSA) is 21.1 Å². The van der Waals surface area contributed by atoms with Crippen LogP contribution in [0.2, 0.25) is 0 Å². The van der Waals surface area contributed by atoms with Gasteiger partial charge in [-0.05, 0) is 63.4 Å². The van der Waals surface area contributed by atoms with Crippen molar-refractivity contribution in [1.82, 2.24) is 14.5 Å². The van der Waals surface area contributed by atoms with Gasteiger partial charge in [0.2, 0.25) is 0 Å². The molecule has 0 N–H and O–H groups in total. The van der Waals surface area contributed by atoms with Gasteiger partial charge in [0.05, 0.1) is 11.0 Å². The highest BCUT2D eigenvalue weighted by Gasteiger charge is 2.12. The van der Waals surface area contributed by atoms with Crippen molar-refractivity contribution in [3.63, 3.8) is 0 Å². The number of nitrogens with zero attached hydrogens (tertiary/aromatic N) is 3. The van der Waals surface area contributed by atoms with E-state index in [9.17, 15) is 0 Å². The maximum Gasteiger partial charge on any atom is 0.109 e. The van der Waals surface area contributed by atoms with E-state index in [4.69, 9.17) is 4.98 Å². The summed E-state index contributed by atoms with van der Waals surface area (Å²) in [7, 11) is 0. The Hall–Kier alpha value is -1.35. The third-order valence-electron chi connectivity index (χ3n) is 5.24. The van der Waals surface area contributed by atoms with Gasteiger partial charge in [-0.25, -0.2) is 4.98 Å². The van der Waals surface area contributed by atoms with Gasteiger partial charge >= 0.3 is 0 Å². The summed E-state index contributed by atoms with van der Waals surface area (Å²) in [5.41, 5.74) is 2.47. The molecule has 0 aliphatic carbocycles. The summed E-state index contributed by atoms with van der Waals surface area (Å²) in [6.07, 6.45) is 9.15. The van der Waals surface area contributed by atoms with Crippen LogP contribution in [0.1, 0.15) is 58.2 Å². The molecular formula is C21H33N3. The van der Waals surface area contributed by atoms with Crippen molar-refractivity contribution in [2.75, 3.05) is 19.6 Å². The van der Waals surface area contributed by atoms with Crippen molar-refractivity contribution in [3.8, 4) is 0 Å². The highest BCUT2D eigenvalue weighted by molar-refractivity contribution is 5.75. The number of hydrogen-bond donors (Lipinski definition) is 0. The van der Waals surface area contributed by atoms with E-state index < -0.39 is 0 Å². The highest BCUT2D eigenvalue weighted by Crippen LogP contribution is 2.19. The fraction of sp³-hybridized carbons (Fsp3) is 0.667. The summed E-state index contributed by atoms with van der Waals surface area (Å²) in [6, 6.07) is 8.61. The van der Waals surface area contributed by atoms with Crippen molar-refractivity contribution in [2.24, 2.45) is 5.92 Å². The van der Waals surface area contributed by atoms with Crippen molar-refractivity contribution in [1.29, 1.82) is 0 Å². The first-order valence-corrected chi connectivity index (χ1v) is 9.90. The predicted octanol–water partition coefficient (Wildman–Crippen LogP) is 4.89. The molecule has 1 fully saturated rings. The molecule has 0 amide bonds. The first-order valence-electron chi connectivity index (χ1n) is 9.90. The zero-order valence-corrected chi connectivity index (χ0v) is 15.5. The van der Waals surface area contributed by atoms with E-state index >= 15 is 0 Å². The number of fused-ring (bicyclic) bond motifs is 1. The zero-order chi connectivity index (χ0) is 16.8. The summed E-state index contributed by atoms with van der Waals surface area (Å²) in [6.45, 7) is 9.52. The molecule has 2 heterocycles. The molecular weight excluding hydrogens is 294 g/mol. The molecule has 24 heavy (non-hydrogen) atoms. The maximum absolute atomic E-state index is 4.94. The highest BCUT2D eigenvalue weighted by atomic mass is 15.1. The molecule has 0 atom stereocenters. The van der Waals surface area contributed by atoms with Gasteiger partial charge < -0.3 is 9.47 Å². The summed E-state index contributed by atoms with van der Waals surface area (Å²) in [5, 5.41) is 0. The van der Waals surface area contributed by atoms with Crippen molar-refractivity contribution >= 4 is 11.0 Å². The van der Waals surface area contributed by atoms with Crippen LogP contribution in [0.25, 0.3) is 11.0 Å². The van der Waals surface area contributed by atoms with Crippen LogP contribution in [0.4, 0.5) is 0 Å². The van der Waals surface area contributed by atoms with E-state index in [1.807, 2.05) is 0 Å². The molecule has 0 unspecified atom stereocenters. The minimum atomic E-state index is 0.733.